The molecule has 6 heteroatoms. The number of hydrogen-bond acceptors (Lipinski definition) is 5. The molecule has 118 valence electrons. The number of carbonyl (C=O) groups is 1. The highest BCUT2D eigenvalue weighted by Crippen LogP contribution is 2.30. The number of aromatic nitrogens is 1. The van der Waals surface area contributed by atoms with E-state index in [9.17, 15) is 4.79 Å². The number of para-hydroxylation sites is 1. The molecule has 3 rings (SSSR count). The smallest absolute Gasteiger partial charge is 0.232 e. The molecule has 1 aliphatic heterocycles. The lowest BCUT2D eigenvalue weighted by molar-refractivity contribution is -0.125. The molecule has 0 unspecified atom stereocenters. The van der Waals surface area contributed by atoms with Gasteiger partial charge in [0.25, 0.3) is 0 Å². The van der Waals surface area contributed by atoms with Crippen molar-refractivity contribution in [2.45, 2.75) is 12.8 Å². The molecule has 1 aromatic carbocycles. The van der Waals surface area contributed by atoms with E-state index in [0.29, 0.717) is 26.4 Å². The van der Waals surface area contributed by atoms with Gasteiger partial charge in [0, 0.05) is 26.2 Å². The summed E-state index contributed by atoms with van der Waals surface area (Å²) in [6.45, 7) is 2.36. The van der Waals surface area contributed by atoms with Crippen LogP contribution < -0.4 is 4.90 Å². The molecule has 2 aromatic rings. The summed E-state index contributed by atoms with van der Waals surface area (Å²) >= 11 is 1.56. The van der Waals surface area contributed by atoms with Crippen molar-refractivity contribution < 1.29 is 14.3 Å². The SMILES string of the molecule is COCCN(C(=O)C1CCOCC1)c1nc2ccccc2s1. The van der Waals surface area contributed by atoms with E-state index in [4.69, 9.17) is 9.47 Å². The molecular formula is C16H20N2O3S. The summed E-state index contributed by atoms with van der Waals surface area (Å²) in [4.78, 5) is 19.3. The van der Waals surface area contributed by atoms with Gasteiger partial charge < -0.3 is 9.47 Å². The van der Waals surface area contributed by atoms with Gasteiger partial charge in [0.15, 0.2) is 5.13 Å². The minimum absolute atomic E-state index is 0.0256. The number of rotatable bonds is 5. The summed E-state index contributed by atoms with van der Waals surface area (Å²) in [5.74, 6) is 0.164. The Balaban J connectivity index is 1.85. The molecule has 1 fully saturated rings. The van der Waals surface area contributed by atoms with Gasteiger partial charge in [-0.2, -0.15) is 0 Å². The maximum Gasteiger partial charge on any atom is 0.232 e. The summed E-state index contributed by atoms with van der Waals surface area (Å²) in [5, 5.41) is 0.759. The van der Waals surface area contributed by atoms with E-state index in [1.165, 1.54) is 0 Å². The molecule has 0 spiro atoms. The van der Waals surface area contributed by atoms with E-state index in [-0.39, 0.29) is 11.8 Å². The van der Waals surface area contributed by atoms with Crippen LogP contribution in [-0.4, -0.2) is 44.4 Å². The highest BCUT2D eigenvalue weighted by molar-refractivity contribution is 7.22. The van der Waals surface area contributed by atoms with Crippen molar-refractivity contribution >= 4 is 32.6 Å². The fourth-order valence-electron chi connectivity index (χ4n) is 2.62. The van der Waals surface area contributed by atoms with Gasteiger partial charge in [-0.1, -0.05) is 23.5 Å². The molecule has 5 nitrogen and oxygen atoms in total. The van der Waals surface area contributed by atoms with Crippen molar-refractivity contribution in [3.63, 3.8) is 0 Å². The van der Waals surface area contributed by atoms with Crippen molar-refractivity contribution in [3.8, 4) is 0 Å². The number of carbonyl (C=O) groups excluding carboxylic acids is 1. The molecule has 0 saturated carbocycles. The Kier molecular flexibility index (Phi) is 5.02. The summed E-state index contributed by atoms with van der Waals surface area (Å²) in [7, 11) is 1.65. The van der Waals surface area contributed by atoms with Gasteiger partial charge >= 0.3 is 0 Å². The molecule has 1 aromatic heterocycles. The lowest BCUT2D eigenvalue weighted by atomic mass is 9.99. The second-order valence-corrected chi connectivity index (χ2v) is 6.34. The molecule has 0 aliphatic carbocycles. The Morgan fingerprint density at radius 2 is 2.18 bits per heavy atom. The van der Waals surface area contributed by atoms with Gasteiger partial charge in [-0.3, -0.25) is 9.69 Å². The zero-order valence-electron chi connectivity index (χ0n) is 12.7. The number of benzene rings is 1. The molecule has 0 radical (unpaired) electrons. The molecule has 0 bridgehead atoms. The van der Waals surface area contributed by atoms with Crippen LogP contribution >= 0.6 is 11.3 Å². The number of hydrogen-bond donors (Lipinski definition) is 0. The van der Waals surface area contributed by atoms with Crippen molar-refractivity contribution in [2.75, 3.05) is 38.4 Å². The maximum atomic E-state index is 12.9. The minimum atomic E-state index is 0.0256. The number of methoxy groups -OCH3 is 1. The highest BCUT2D eigenvalue weighted by atomic mass is 32.1. The number of ether oxygens (including phenoxy) is 2. The van der Waals surface area contributed by atoms with Crippen molar-refractivity contribution in [1.29, 1.82) is 0 Å². The second kappa shape index (κ2) is 7.17. The van der Waals surface area contributed by atoms with Crippen LogP contribution in [0.1, 0.15) is 12.8 Å². The molecule has 1 amide bonds. The summed E-state index contributed by atoms with van der Waals surface area (Å²) in [6, 6.07) is 7.96. The Morgan fingerprint density at radius 1 is 1.41 bits per heavy atom. The fraction of sp³-hybridized carbons (Fsp3) is 0.500. The zero-order valence-corrected chi connectivity index (χ0v) is 13.5. The van der Waals surface area contributed by atoms with Crippen LogP contribution in [0.5, 0.6) is 0 Å². The second-order valence-electron chi connectivity index (χ2n) is 5.33. The van der Waals surface area contributed by atoms with E-state index in [1.54, 1.807) is 23.3 Å². The average Bonchev–Trinajstić information content (AvgIpc) is 2.99. The van der Waals surface area contributed by atoms with Gasteiger partial charge in [-0.05, 0) is 25.0 Å². The Hall–Kier alpha value is -1.50. The van der Waals surface area contributed by atoms with Crippen LogP contribution in [0, 0.1) is 5.92 Å². The first-order valence-corrected chi connectivity index (χ1v) is 8.35. The highest BCUT2D eigenvalue weighted by Gasteiger charge is 2.28. The number of thiazole rings is 1. The third-order valence-electron chi connectivity index (χ3n) is 3.87. The minimum Gasteiger partial charge on any atom is -0.383 e. The van der Waals surface area contributed by atoms with Gasteiger partial charge in [-0.25, -0.2) is 4.98 Å². The molecular weight excluding hydrogens is 300 g/mol. The van der Waals surface area contributed by atoms with Gasteiger partial charge in [-0.15, -0.1) is 0 Å². The Bertz CT molecular complexity index is 604. The van der Waals surface area contributed by atoms with E-state index in [2.05, 4.69) is 4.98 Å². The first-order chi connectivity index (χ1) is 10.8. The predicted octanol–water partition coefficient (Wildman–Crippen LogP) is 2.70. The van der Waals surface area contributed by atoms with E-state index < -0.39 is 0 Å². The molecule has 0 N–H and O–H groups in total. The first kappa shape index (κ1) is 15.4. The molecule has 2 heterocycles. The third-order valence-corrected chi connectivity index (χ3v) is 4.93. The number of amides is 1. The maximum absolute atomic E-state index is 12.9. The third kappa shape index (κ3) is 3.29. The van der Waals surface area contributed by atoms with E-state index in [1.807, 2.05) is 24.3 Å². The van der Waals surface area contributed by atoms with Crippen LogP contribution in [-0.2, 0) is 14.3 Å². The van der Waals surface area contributed by atoms with Crippen molar-refractivity contribution in [1.82, 2.24) is 4.98 Å². The monoisotopic (exact) mass is 320 g/mol. The van der Waals surface area contributed by atoms with Crippen molar-refractivity contribution in [2.24, 2.45) is 5.92 Å². The van der Waals surface area contributed by atoms with Crippen LogP contribution in [0.15, 0.2) is 24.3 Å². The number of fused-ring (bicyclic) bond motifs is 1. The summed E-state index contributed by atoms with van der Waals surface area (Å²) in [5.41, 5.74) is 0.935. The van der Waals surface area contributed by atoms with Crippen LogP contribution in [0.25, 0.3) is 10.2 Å². The molecule has 1 aliphatic rings. The zero-order chi connectivity index (χ0) is 15.4. The van der Waals surface area contributed by atoms with Crippen molar-refractivity contribution in [3.05, 3.63) is 24.3 Å². The first-order valence-electron chi connectivity index (χ1n) is 7.53. The van der Waals surface area contributed by atoms with Gasteiger partial charge in [0.2, 0.25) is 5.91 Å². The van der Waals surface area contributed by atoms with Crippen LogP contribution in [0.2, 0.25) is 0 Å². The number of anilines is 1. The largest absolute Gasteiger partial charge is 0.383 e. The number of nitrogens with zero attached hydrogens (tertiary/aromatic N) is 2. The topological polar surface area (TPSA) is 51.7 Å². The van der Waals surface area contributed by atoms with E-state index >= 15 is 0 Å². The lowest BCUT2D eigenvalue weighted by Gasteiger charge is -2.27. The molecule has 0 atom stereocenters. The summed E-state index contributed by atoms with van der Waals surface area (Å²) in [6.07, 6.45) is 1.57. The quantitative estimate of drug-likeness (QED) is 0.850. The van der Waals surface area contributed by atoms with Gasteiger partial charge in [0.05, 0.1) is 23.4 Å². The predicted molar refractivity (Wildman–Crippen MR) is 87.4 cm³/mol. The normalized spacial score (nSPS) is 16.0. The Morgan fingerprint density at radius 3 is 2.91 bits per heavy atom. The van der Waals surface area contributed by atoms with E-state index in [0.717, 1.165) is 28.2 Å². The van der Waals surface area contributed by atoms with Crippen LogP contribution in [0.4, 0.5) is 5.13 Å². The molecule has 22 heavy (non-hydrogen) atoms. The average molecular weight is 320 g/mol. The van der Waals surface area contributed by atoms with Crippen LogP contribution in [0.3, 0.4) is 0 Å². The van der Waals surface area contributed by atoms with Gasteiger partial charge in [0.1, 0.15) is 0 Å². The standard InChI is InChI=1S/C16H20N2O3S/c1-20-11-8-18(15(19)12-6-9-21-10-7-12)16-17-13-4-2-3-5-14(13)22-16/h2-5,12H,6-11H2,1H3. The Labute approximate surface area is 133 Å². The summed E-state index contributed by atoms with van der Waals surface area (Å²) < 4.78 is 11.6. The lowest BCUT2D eigenvalue weighted by Crippen LogP contribution is -2.40. The fourth-order valence-corrected chi connectivity index (χ4v) is 3.62. The molecule has 1 saturated heterocycles.